The van der Waals surface area contributed by atoms with Crippen LogP contribution in [0.3, 0.4) is 0 Å². The van der Waals surface area contributed by atoms with Gasteiger partial charge < -0.3 is 14.9 Å². The van der Waals surface area contributed by atoms with E-state index in [4.69, 9.17) is 26.6 Å². The van der Waals surface area contributed by atoms with Crippen molar-refractivity contribution in [3.8, 4) is 0 Å². The highest BCUT2D eigenvalue weighted by Crippen LogP contribution is 2.35. The molecule has 0 unspecified atom stereocenters. The van der Waals surface area contributed by atoms with Gasteiger partial charge in [-0.1, -0.05) is 11.6 Å². The largest absolute Gasteiger partial charge is 0.396 e. The van der Waals surface area contributed by atoms with Gasteiger partial charge in [0.05, 0.1) is 25.2 Å². The Morgan fingerprint density at radius 2 is 2.12 bits per heavy atom. The highest BCUT2D eigenvalue weighted by molar-refractivity contribution is 6.30. The average Bonchev–Trinajstić information content (AvgIpc) is 2.25. The van der Waals surface area contributed by atoms with E-state index < -0.39 is 29.5 Å². The summed E-state index contributed by atoms with van der Waals surface area (Å²) in [4.78, 5) is 24.6. The fourth-order valence-corrected chi connectivity index (χ4v) is 1.94. The maximum atomic E-state index is 11.5. The van der Waals surface area contributed by atoms with Crippen molar-refractivity contribution < 1.29 is 14.9 Å². The average molecular weight is 263 g/mol. The third-order valence-electron chi connectivity index (χ3n) is 2.75. The molecule has 2 rings (SSSR count). The summed E-state index contributed by atoms with van der Waals surface area (Å²) in [6.45, 7) is -0.480. The molecular weight excluding hydrogens is 252 g/mol. The Balaban J connectivity index is 2.33. The normalized spacial score (nSPS) is 27.8. The van der Waals surface area contributed by atoms with Gasteiger partial charge in [-0.25, -0.2) is 4.79 Å². The van der Waals surface area contributed by atoms with Crippen LogP contribution in [-0.4, -0.2) is 39.1 Å². The van der Waals surface area contributed by atoms with Gasteiger partial charge in [-0.15, -0.1) is 0 Å². The van der Waals surface area contributed by atoms with Crippen LogP contribution in [0.15, 0.2) is 15.8 Å². The molecule has 0 amide bonds. The molecule has 0 bridgehead atoms. The fraction of sp³-hybridized carbons (Fsp3) is 0.556. The van der Waals surface area contributed by atoms with E-state index in [1.54, 1.807) is 0 Å². The zero-order chi connectivity index (χ0) is 12.6. The van der Waals surface area contributed by atoms with E-state index in [2.05, 4.69) is 0 Å². The number of halogens is 1. The maximum Gasteiger partial charge on any atom is 0.330 e. The summed E-state index contributed by atoms with van der Waals surface area (Å²) in [5.41, 5.74) is -1.34. The van der Waals surface area contributed by atoms with Gasteiger partial charge >= 0.3 is 5.69 Å². The molecule has 1 aromatic heterocycles. The standard InChI is InChI=1S/C9H11ClN2O5/c10-5-1-12(9(16)11-7(5)15)8-4(2-13)6(3-14)17-8/h1,4,6,8,13-14H,2-3H2,(H,11,15,16)/t4-,6-,8-/m1/s1. The number of nitrogens with one attached hydrogen (secondary N) is 1. The van der Waals surface area contributed by atoms with Crippen LogP contribution in [0.2, 0.25) is 5.02 Å². The molecule has 1 aromatic rings. The van der Waals surface area contributed by atoms with Crippen LogP contribution in [0, 0.1) is 5.92 Å². The summed E-state index contributed by atoms with van der Waals surface area (Å²) < 4.78 is 6.32. The van der Waals surface area contributed by atoms with Crippen LogP contribution in [-0.2, 0) is 4.74 Å². The molecule has 0 saturated carbocycles. The van der Waals surface area contributed by atoms with E-state index in [1.165, 1.54) is 0 Å². The van der Waals surface area contributed by atoms with Crippen molar-refractivity contribution in [1.82, 2.24) is 9.55 Å². The van der Waals surface area contributed by atoms with Crippen LogP contribution >= 0.6 is 11.6 Å². The first-order valence-electron chi connectivity index (χ1n) is 4.96. The minimum Gasteiger partial charge on any atom is -0.396 e. The molecule has 1 aliphatic heterocycles. The molecule has 2 heterocycles. The summed E-state index contributed by atoms with van der Waals surface area (Å²) in [5, 5.41) is 17.9. The van der Waals surface area contributed by atoms with E-state index in [0.29, 0.717) is 0 Å². The van der Waals surface area contributed by atoms with Crippen molar-refractivity contribution in [3.63, 3.8) is 0 Å². The van der Waals surface area contributed by atoms with Crippen molar-refractivity contribution in [3.05, 3.63) is 32.1 Å². The van der Waals surface area contributed by atoms with E-state index in [9.17, 15) is 9.59 Å². The Morgan fingerprint density at radius 1 is 1.41 bits per heavy atom. The van der Waals surface area contributed by atoms with E-state index in [1.807, 2.05) is 4.98 Å². The Bertz CT molecular complexity index is 525. The van der Waals surface area contributed by atoms with Gasteiger partial charge in [-0.05, 0) is 0 Å². The van der Waals surface area contributed by atoms with E-state index >= 15 is 0 Å². The number of aliphatic hydroxyl groups excluding tert-OH is 2. The number of aliphatic hydroxyl groups is 2. The molecule has 1 aliphatic rings. The summed E-state index contributed by atoms with van der Waals surface area (Å²) in [5.74, 6) is -0.403. The van der Waals surface area contributed by atoms with Crippen LogP contribution in [0.25, 0.3) is 0 Å². The van der Waals surface area contributed by atoms with Crippen LogP contribution in [0.1, 0.15) is 6.23 Å². The van der Waals surface area contributed by atoms with Crippen molar-refractivity contribution in [2.45, 2.75) is 12.3 Å². The minimum atomic E-state index is -0.723. The second kappa shape index (κ2) is 4.61. The molecule has 1 saturated heterocycles. The fourth-order valence-electron chi connectivity index (χ4n) is 1.78. The Hall–Kier alpha value is -1.15. The zero-order valence-electron chi connectivity index (χ0n) is 8.67. The molecule has 0 aromatic carbocycles. The number of hydrogen-bond donors (Lipinski definition) is 3. The molecule has 0 radical (unpaired) electrons. The molecule has 94 valence electrons. The molecule has 0 spiro atoms. The first kappa shape index (κ1) is 12.3. The summed E-state index contributed by atoms with van der Waals surface area (Å²) in [6.07, 6.45) is -0.0782. The Labute approximate surface area is 100 Å². The van der Waals surface area contributed by atoms with Gasteiger partial charge in [0, 0.05) is 6.20 Å². The zero-order valence-corrected chi connectivity index (χ0v) is 9.42. The molecule has 1 fully saturated rings. The second-order valence-corrected chi connectivity index (χ2v) is 4.14. The first-order valence-corrected chi connectivity index (χ1v) is 5.34. The highest BCUT2D eigenvalue weighted by Gasteiger charge is 2.43. The number of ether oxygens (including phenoxy) is 1. The summed E-state index contributed by atoms with van der Waals surface area (Å²) in [6, 6.07) is 0. The van der Waals surface area contributed by atoms with Gasteiger partial charge in [-0.3, -0.25) is 14.3 Å². The van der Waals surface area contributed by atoms with Crippen LogP contribution in [0.4, 0.5) is 0 Å². The van der Waals surface area contributed by atoms with E-state index in [-0.39, 0.29) is 18.2 Å². The lowest BCUT2D eigenvalue weighted by Gasteiger charge is -2.43. The number of aromatic amines is 1. The lowest BCUT2D eigenvalue weighted by molar-refractivity contribution is -0.246. The van der Waals surface area contributed by atoms with Crippen molar-refractivity contribution in [2.75, 3.05) is 13.2 Å². The third kappa shape index (κ3) is 2.02. The molecule has 17 heavy (non-hydrogen) atoms. The molecule has 3 N–H and O–H groups in total. The molecule has 7 nitrogen and oxygen atoms in total. The quantitative estimate of drug-likeness (QED) is 0.627. The smallest absolute Gasteiger partial charge is 0.330 e. The van der Waals surface area contributed by atoms with Crippen molar-refractivity contribution in [2.24, 2.45) is 5.92 Å². The second-order valence-electron chi connectivity index (χ2n) is 3.74. The highest BCUT2D eigenvalue weighted by atomic mass is 35.5. The predicted molar refractivity (Wildman–Crippen MR) is 57.9 cm³/mol. The van der Waals surface area contributed by atoms with Crippen LogP contribution in [0.5, 0.6) is 0 Å². The number of aromatic nitrogens is 2. The van der Waals surface area contributed by atoms with Gasteiger partial charge in [-0.2, -0.15) is 0 Å². The summed E-state index contributed by atoms with van der Waals surface area (Å²) in [7, 11) is 0. The Morgan fingerprint density at radius 3 is 2.71 bits per heavy atom. The molecule has 8 heteroatoms. The van der Waals surface area contributed by atoms with Crippen molar-refractivity contribution >= 4 is 11.6 Å². The molecule has 0 aliphatic carbocycles. The molecule has 3 atom stereocenters. The third-order valence-corrected chi connectivity index (χ3v) is 3.02. The summed E-state index contributed by atoms with van der Waals surface area (Å²) >= 11 is 5.60. The number of H-pyrrole nitrogens is 1. The lowest BCUT2D eigenvalue weighted by Crippen LogP contribution is -2.52. The number of nitrogens with zero attached hydrogens (tertiary/aromatic N) is 1. The first-order chi connectivity index (χ1) is 8.08. The number of hydrogen-bond acceptors (Lipinski definition) is 5. The van der Waals surface area contributed by atoms with Gasteiger partial charge in [0.2, 0.25) is 0 Å². The topological polar surface area (TPSA) is 105 Å². The lowest BCUT2D eigenvalue weighted by atomic mass is 9.95. The monoisotopic (exact) mass is 262 g/mol. The Kier molecular flexibility index (Phi) is 3.34. The van der Waals surface area contributed by atoms with Gasteiger partial charge in [0.25, 0.3) is 5.56 Å². The van der Waals surface area contributed by atoms with E-state index in [0.717, 1.165) is 10.8 Å². The van der Waals surface area contributed by atoms with Crippen molar-refractivity contribution in [1.29, 1.82) is 0 Å². The number of rotatable bonds is 3. The SMILES string of the molecule is O=c1[nH]c(=O)n([C@@H]2O[C@H](CO)[C@H]2CO)cc1Cl. The van der Waals surface area contributed by atoms with Gasteiger partial charge in [0.1, 0.15) is 11.3 Å². The molecular formula is C9H11ClN2O5. The van der Waals surface area contributed by atoms with Gasteiger partial charge in [0.15, 0.2) is 0 Å². The predicted octanol–water partition coefficient (Wildman–Crippen LogP) is -1.31. The van der Waals surface area contributed by atoms with Crippen LogP contribution < -0.4 is 11.2 Å². The maximum absolute atomic E-state index is 11.5. The minimum absolute atomic E-state index is 0.141.